The first-order chi connectivity index (χ1) is 11.9. The fourth-order valence-electron chi connectivity index (χ4n) is 2.90. The third-order valence-corrected chi connectivity index (χ3v) is 4.17. The summed E-state index contributed by atoms with van der Waals surface area (Å²) in [4.78, 5) is 17.9. The van der Waals surface area contributed by atoms with Crippen LogP contribution in [0.5, 0.6) is 0 Å². The van der Waals surface area contributed by atoms with E-state index in [-0.39, 0.29) is 0 Å². The van der Waals surface area contributed by atoms with E-state index in [2.05, 4.69) is 35.9 Å². The van der Waals surface area contributed by atoms with Crippen molar-refractivity contribution < 1.29 is 0 Å². The highest BCUT2D eigenvalue weighted by atomic mass is 15.3. The zero-order valence-corrected chi connectivity index (χ0v) is 13.4. The second-order valence-corrected chi connectivity index (χ2v) is 5.81. The SMILES string of the molecule is c1cncc(CN2CCN(c3cncc(-n4cccn4)n3)CC2)c1. The molecule has 122 valence electrons. The second-order valence-electron chi connectivity index (χ2n) is 5.81. The Morgan fingerprint density at radius 3 is 2.50 bits per heavy atom. The molecule has 4 rings (SSSR count). The lowest BCUT2D eigenvalue weighted by molar-refractivity contribution is 0.249. The molecule has 0 saturated carbocycles. The molecule has 24 heavy (non-hydrogen) atoms. The van der Waals surface area contributed by atoms with Crippen LogP contribution in [0.1, 0.15) is 5.56 Å². The molecule has 1 fully saturated rings. The van der Waals surface area contributed by atoms with Crippen LogP contribution in [-0.4, -0.2) is 55.8 Å². The maximum atomic E-state index is 4.68. The minimum absolute atomic E-state index is 0.746. The van der Waals surface area contributed by atoms with Gasteiger partial charge in [-0.1, -0.05) is 6.07 Å². The zero-order valence-electron chi connectivity index (χ0n) is 13.4. The maximum Gasteiger partial charge on any atom is 0.173 e. The Hall–Kier alpha value is -2.80. The predicted octanol–water partition coefficient (Wildman–Crippen LogP) is 1.38. The molecule has 3 aromatic rings. The van der Waals surface area contributed by atoms with E-state index in [0.717, 1.165) is 44.4 Å². The van der Waals surface area contributed by atoms with E-state index in [1.54, 1.807) is 17.1 Å². The second kappa shape index (κ2) is 6.76. The maximum absolute atomic E-state index is 4.68. The Bertz CT molecular complexity index is 765. The van der Waals surface area contributed by atoms with Crippen LogP contribution in [-0.2, 0) is 6.54 Å². The lowest BCUT2D eigenvalue weighted by atomic mass is 10.2. The summed E-state index contributed by atoms with van der Waals surface area (Å²) in [5, 5.41) is 4.21. The summed E-state index contributed by atoms with van der Waals surface area (Å²) in [7, 11) is 0. The topological polar surface area (TPSA) is 63.0 Å². The number of hydrogen-bond acceptors (Lipinski definition) is 6. The molecule has 7 nitrogen and oxygen atoms in total. The quantitative estimate of drug-likeness (QED) is 0.723. The average Bonchev–Trinajstić information content (AvgIpc) is 3.18. The van der Waals surface area contributed by atoms with Crippen LogP contribution < -0.4 is 4.90 Å². The smallest absolute Gasteiger partial charge is 0.173 e. The monoisotopic (exact) mass is 321 g/mol. The third-order valence-electron chi connectivity index (χ3n) is 4.17. The predicted molar refractivity (Wildman–Crippen MR) is 90.9 cm³/mol. The first kappa shape index (κ1) is 14.8. The van der Waals surface area contributed by atoms with Crippen molar-refractivity contribution in [2.45, 2.75) is 6.54 Å². The van der Waals surface area contributed by atoms with E-state index >= 15 is 0 Å². The van der Waals surface area contributed by atoms with Gasteiger partial charge in [0.25, 0.3) is 0 Å². The van der Waals surface area contributed by atoms with Gasteiger partial charge in [-0.05, 0) is 17.7 Å². The lowest BCUT2D eigenvalue weighted by Gasteiger charge is -2.35. The van der Waals surface area contributed by atoms with E-state index in [4.69, 9.17) is 0 Å². The fourth-order valence-corrected chi connectivity index (χ4v) is 2.90. The minimum Gasteiger partial charge on any atom is -0.353 e. The Morgan fingerprint density at radius 2 is 1.75 bits per heavy atom. The number of pyridine rings is 1. The van der Waals surface area contributed by atoms with E-state index in [1.807, 2.05) is 36.9 Å². The number of nitrogens with zero attached hydrogens (tertiary/aromatic N) is 7. The Morgan fingerprint density at radius 1 is 0.875 bits per heavy atom. The van der Waals surface area contributed by atoms with Gasteiger partial charge in [0.1, 0.15) is 5.82 Å². The van der Waals surface area contributed by atoms with Crippen molar-refractivity contribution in [1.82, 2.24) is 29.6 Å². The summed E-state index contributed by atoms with van der Waals surface area (Å²) in [5.41, 5.74) is 1.26. The number of aromatic nitrogens is 5. The molecule has 0 amide bonds. The molecule has 1 aliphatic rings. The van der Waals surface area contributed by atoms with Crippen LogP contribution in [0.3, 0.4) is 0 Å². The molecule has 0 aliphatic carbocycles. The number of rotatable bonds is 4. The molecule has 4 heterocycles. The first-order valence-corrected chi connectivity index (χ1v) is 8.07. The standard InChI is InChI=1S/C17H19N7/c1-3-15(11-18-4-1)14-22-7-9-23(10-8-22)16-12-19-13-17(21-16)24-6-2-5-20-24/h1-6,11-13H,7-10,14H2. The fraction of sp³-hybridized carbons (Fsp3) is 0.294. The number of hydrogen-bond donors (Lipinski definition) is 0. The summed E-state index contributed by atoms with van der Waals surface area (Å²) in [6, 6.07) is 5.99. The molecule has 0 spiro atoms. The highest BCUT2D eigenvalue weighted by Gasteiger charge is 2.19. The van der Waals surface area contributed by atoms with Crippen molar-refractivity contribution in [1.29, 1.82) is 0 Å². The molecule has 1 saturated heterocycles. The average molecular weight is 321 g/mol. The van der Waals surface area contributed by atoms with Crippen LogP contribution in [0.4, 0.5) is 5.82 Å². The summed E-state index contributed by atoms with van der Waals surface area (Å²) in [6.07, 6.45) is 10.9. The van der Waals surface area contributed by atoms with Gasteiger partial charge in [0.05, 0.1) is 12.4 Å². The normalized spacial score (nSPS) is 15.6. The molecular weight excluding hydrogens is 302 g/mol. The zero-order chi connectivity index (χ0) is 16.2. The van der Waals surface area contributed by atoms with Gasteiger partial charge in [0.2, 0.25) is 0 Å². The largest absolute Gasteiger partial charge is 0.353 e. The van der Waals surface area contributed by atoms with Crippen molar-refractivity contribution in [3.8, 4) is 5.82 Å². The third kappa shape index (κ3) is 3.26. The molecule has 0 bridgehead atoms. The molecule has 3 aromatic heterocycles. The van der Waals surface area contributed by atoms with Crippen molar-refractivity contribution in [2.75, 3.05) is 31.1 Å². The molecular formula is C17H19N7. The Labute approximate surface area is 140 Å². The summed E-state index contributed by atoms with van der Waals surface area (Å²) in [6.45, 7) is 4.83. The minimum atomic E-state index is 0.746. The van der Waals surface area contributed by atoms with Gasteiger partial charge in [0.15, 0.2) is 5.82 Å². The first-order valence-electron chi connectivity index (χ1n) is 8.07. The summed E-state index contributed by atoms with van der Waals surface area (Å²) < 4.78 is 1.73. The van der Waals surface area contributed by atoms with Gasteiger partial charge in [0, 0.05) is 57.5 Å². The van der Waals surface area contributed by atoms with Gasteiger partial charge in [-0.2, -0.15) is 5.10 Å². The van der Waals surface area contributed by atoms with E-state index in [1.165, 1.54) is 5.56 Å². The molecule has 7 heteroatoms. The van der Waals surface area contributed by atoms with Crippen LogP contribution in [0.2, 0.25) is 0 Å². The summed E-state index contributed by atoms with van der Waals surface area (Å²) in [5.74, 6) is 1.65. The lowest BCUT2D eigenvalue weighted by Crippen LogP contribution is -2.46. The van der Waals surface area contributed by atoms with E-state index in [0.29, 0.717) is 0 Å². The van der Waals surface area contributed by atoms with Crippen LogP contribution >= 0.6 is 0 Å². The van der Waals surface area contributed by atoms with Crippen LogP contribution in [0.25, 0.3) is 5.82 Å². The van der Waals surface area contributed by atoms with Gasteiger partial charge in [-0.3, -0.25) is 14.9 Å². The van der Waals surface area contributed by atoms with Crippen molar-refractivity contribution >= 4 is 5.82 Å². The van der Waals surface area contributed by atoms with Gasteiger partial charge in [-0.15, -0.1) is 0 Å². The van der Waals surface area contributed by atoms with Crippen LogP contribution in [0.15, 0.2) is 55.4 Å². The Balaban J connectivity index is 1.40. The molecule has 1 aliphatic heterocycles. The molecule has 0 unspecified atom stereocenters. The van der Waals surface area contributed by atoms with Gasteiger partial charge >= 0.3 is 0 Å². The van der Waals surface area contributed by atoms with Gasteiger partial charge < -0.3 is 4.90 Å². The molecule has 0 radical (unpaired) electrons. The Kier molecular flexibility index (Phi) is 4.16. The van der Waals surface area contributed by atoms with Gasteiger partial charge in [-0.25, -0.2) is 9.67 Å². The van der Waals surface area contributed by atoms with Crippen molar-refractivity contribution in [3.05, 3.63) is 60.9 Å². The van der Waals surface area contributed by atoms with E-state index < -0.39 is 0 Å². The molecule has 0 N–H and O–H groups in total. The highest BCUT2D eigenvalue weighted by molar-refractivity contribution is 5.39. The highest BCUT2D eigenvalue weighted by Crippen LogP contribution is 2.15. The van der Waals surface area contributed by atoms with Crippen molar-refractivity contribution in [3.63, 3.8) is 0 Å². The van der Waals surface area contributed by atoms with E-state index in [9.17, 15) is 0 Å². The number of piperazine rings is 1. The van der Waals surface area contributed by atoms with Crippen LogP contribution in [0, 0.1) is 0 Å². The molecule has 0 aromatic carbocycles. The molecule has 0 atom stereocenters. The number of anilines is 1. The van der Waals surface area contributed by atoms with Crippen molar-refractivity contribution in [2.24, 2.45) is 0 Å². The summed E-state index contributed by atoms with van der Waals surface area (Å²) >= 11 is 0.